The van der Waals surface area contributed by atoms with Crippen LogP contribution in [0.4, 0.5) is 0 Å². The first-order valence-corrected chi connectivity index (χ1v) is 8.91. The molecule has 6 nitrogen and oxygen atoms in total. The Labute approximate surface area is 160 Å². The topological polar surface area (TPSA) is 73.1 Å². The number of hydrogen-bond donors (Lipinski definition) is 1. The van der Waals surface area contributed by atoms with Gasteiger partial charge < -0.3 is 14.1 Å². The number of fused-ring (bicyclic) bond motifs is 2. The van der Waals surface area contributed by atoms with Crippen molar-refractivity contribution in [2.45, 2.75) is 6.54 Å². The van der Waals surface area contributed by atoms with E-state index < -0.39 is 0 Å². The maximum atomic E-state index is 12.4. The van der Waals surface area contributed by atoms with Gasteiger partial charge in [-0.2, -0.15) is 0 Å². The van der Waals surface area contributed by atoms with Crippen molar-refractivity contribution in [2.24, 2.45) is 0 Å². The Morgan fingerprint density at radius 1 is 1.11 bits per heavy atom. The lowest BCUT2D eigenvalue weighted by atomic mass is 10.1. The quantitative estimate of drug-likeness (QED) is 0.514. The highest BCUT2D eigenvalue weighted by molar-refractivity contribution is 5.84. The predicted octanol–water partition coefficient (Wildman–Crippen LogP) is 4.19. The molecular formula is C22H17N3O3. The van der Waals surface area contributed by atoms with E-state index in [0.29, 0.717) is 12.1 Å². The molecule has 0 aliphatic carbocycles. The monoisotopic (exact) mass is 371 g/mol. The minimum atomic E-state index is -0.382. The molecule has 1 N–H and O–H groups in total. The molecule has 2 aromatic carbocycles. The molecule has 0 aliphatic rings. The van der Waals surface area contributed by atoms with Gasteiger partial charge in [-0.3, -0.25) is 9.55 Å². The second-order valence-corrected chi connectivity index (χ2v) is 6.62. The van der Waals surface area contributed by atoms with E-state index in [1.165, 1.54) is 0 Å². The van der Waals surface area contributed by atoms with Crippen molar-refractivity contribution in [3.63, 3.8) is 0 Å². The summed E-state index contributed by atoms with van der Waals surface area (Å²) in [5.74, 6) is 0.376. The standard InChI is InChI=1S/C22H17N3O3/c1-27-17-4-2-3-14(9-17)13-25-20-6-5-15(11-21(20)28-22(25)26)16-10-19-18(24-12-16)7-8-23-19/h2-12,23H,13H2,1H3. The van der Waals surface area contributed by atoms with Crippen LogP contribution in [0.2, 0.25) is 0 Å². The summed E-state index contributed by atoms with van der Waals surface area (Å²) < 4.78 is 12.4. The lowest BCUT2D eigenvalue weighted by molar-refractivity contribution is 0.414. The molecule has 0 unspecified atom stereocenters. The zero-order chi connectivity index (χ0) is 19.1. The van der Waals surface area contributed by atoms with E-state index in [4.69, 9.17) is 9.15 Å². The second-order valence-electron chi connectivity index (χ2n) is 6.62. The van der Waals surface area contributed by atoms with Crippen LogP contribution in [0.3, 0.4) is 0 Å². The third kappa shape index (κ3) is 2.75. The first kappa shape index (κ1) is 16.4. The van der Waals surface area contributed by atoms with Gasteiger partial charge in [0.25, 0.3) is 0 Å². The Kier molecular flexibility index (Phi) is 3.76. The van der Waals surface area contributed by atoms with Crippen molar-refractivity contribution < 1.29 is 9.15 Å². The summed E-state index contributed by atoms with van der Waals surface area (Å²) in [6.45, 7) is 0.415. The normalized spacial score (nSPS) is 11.3. The molecule has 0 fully saturated rings. The molecule has 0 atom stereocenters. The Morgan fingerprint density at radius 3 is 2.93 bits per heavy atom. The molecule has 0 radical (unpaired) electrons. The molecule has 0 amide bonds. The number of hydrogen-bond acceptors (Lipinski definition) is 4. The smallest absolute Gasteiger partial charge is 0.420 e. The average Bonchev–Trinajstić information content (AvgIpc) is 3.31. The van der Waals surface area contributed by atoms with Gasteiger partial charge in [-0.05, 0) is 47.5 Å². The van der Waals surface area contributed by atoms with Gasteiger partial charge in [0.1, 0.15) is 5.75 Å². The van der Waals surface area contributed by atoms with Crippen LogP contribution in [0, 0.1) is 0 Å². The molecule has 0 saturated heterocycles. The molecule has 0 spiro atoms. The lowest BCUT2D eigenvalue weighted by Crippen LogP contribution is -2.14. The summed E-state index contributed by atoms with van der Waals surface area (Å²) in [6, 6.07) is 17.4. The van der Waals surface area contributed by atoms with E-state index in [0.717, 1.165) is 39.0 Å². The molecule has 5 rings (SSSR count). The van der Waals surface area contributed by atoms with Crippen LogP contribution in [-0.2, 0) is 6.54 Å². The molecule has 0 saturated carbocycles. The van der Waals surface area contributed by atoms with Crippen molar-refractivity contribution in [1.29, 1.82) is 0 Å². The molecule has 3 aromatic heterocycles. The molecule has 0 aliphatic heterocycles. The summed E-state index contributed by atoms with van der Waals surface area (Å²) >= 11 is 0. The number of pyridine rings is 1. The maximum absolute atomic E-state index is 12.4. The van der Waals surface area contributed by atoms with E-state index in [-0.39, 0.29) is 5.76 Å². The number of rotatable bonds is 4. The van der Waals surface area contributed by atoms with Crippen molar-refractivity contribution in [2.75, 3.05) is 7.11 Å². The Balaban J connectivity index is 1.55. The van der Waals surface area contributed by atoms with Crippen LogP contribution >= 0.6 is 0 Å². The van der Waals surface area contributed by atoms with E-state index in [9.17, 15) is 4.79 Å². The van der Waals surface area contributed by atoms with Crippen LogP contribution in [0.5, 0.6) is 5.75 Å². The van der Waals surface area contributed by atoms with Crippen molar-refractivity contribution in [3.8, 4) is 16.9 Å². The van der Waals surface area contributed by atoms with Crippen LogP contribution in [0.1, 0.15) is 5.56 Å². The molecule has 5 aromatic rings. The molecule has 3 heterocycles. The minimum Gasteiger partial charge on any atom is -0.497 e. The molecule has 28 heavy (non-hydrogen) atoms. The lowest BCUT2D eigenvalue weighted by Gasteiger charge is -2.06. The third-order valence-electron chi connectivity index (χ3n) is 4.87. The highest BCUT2D eigenvalue weighted by Gasteiger charge is 2.12. The van der Waals surface area contributed by atoms with Crippen molar-refractivity contribution in [3.05, 3.63) is 83.1 Å². The fraction of sp³-hybridized carbons (Fsp3) is 0.0909. The van der Waals surface area contributed by atoms with Gasteiger partial charge in [0.2, 0.25) is 0 Å². The highest BCUT2D eigenvalue weighted by atomic mass is 16.5. The number of aromatic amines is 1. The van der Waals surface area contributed by atoms with Crippen LogP contribution in [0.15, 0.2) is 76.2 Å². The summed E-state index contributed by atoms with van der Waals surface area (Å²) in [4.78, 5) is 20.1. The Hall–Kier alpha value is -3.80. The first-order valence-electron chi connectivity index (χ1n) is 8.91. The van der Waals surface area contributed by atoms with Crippen LogP contribution < -0.4 is 10.5 Å². The molecule has 0 bridgehead atoms. The number of nitrogens with zero attached hydrogens (tertiary/aromatic N) is 2. The number of oxazole rings is 1. The number of benzene rings is 2. The summed E-state index contributed by atoms with van der Waals surface area (Å²) in [7, 11) is 1.62. The van der Waals surface area contributed by atoms with Crippen molar-refractivity contribution in [1.82, 2.24) is 14.5 Å². The van der Waals surface area contributed by atoms with Gasteiger partial charge in [-0.1, -0.05) is 18.2 Å². The summed E-state index contributed by atoms with van der Waals surface area (Å²) in [5.41, 5.74) is 6.06. The first-order chi connectivity index (χ1) is 13.7. The maximum Gasteiger partial charge on any atom is 0.420 e. The third-order valence-corrected chi connectivity index (χ3v) is 4.87. The van der Waals surface area contributed by atoms with Gasteiger partial charge in [0.05, 0.1) is 30.2 Å². The minimum absolute atomic E-state index is 0.382. The number of ether oxygens (including phenoxy) is 1. The second kappa shape index (κ2) is 6.42. The highest BCUT2D eigenvalue weighted by Crippen LogP contribution is 2.26. The van der Waals surface area contributed by atoms with E-state index in [2.05, 4.69) is 9.97 Å². The number of aromatic nitrogens is 3. The van der Waals surface area contributed by atoms with Gasteiger partial charge in [0, 0.05) is 18.0 Å². The Bertz CT molecular complexity index is 1360. The van der Waals surface area contributed by atoms with Gasteiger partial charge in [-0.15, -0.1) is 0 Å². The van der Waals surface area contributed by atoms with Crippen molar-refractivity contribution >= 4 is 22.1 Å². The van der Waals surface area contributed by atoms with Gasteiger partial charge in [0.15, 0.2) is 5.58 Å². The zero-order valence-corrected chi connectivity index (χ0v) is 15.2. The fourth-order valence-corrected chi connectivity index (χ4v) is 3.44. The van der Waals surface area contributed by atoms with E-state index >= 15 is 0 Å². The molecule has 6 heteroatoms. The fourth-order valence-electron chi connectivity index (χ4n) is 3.44. The van der Waals surface area contributed by atoms with Crippen LogP contribution in [0.25, 0.3) is 33.3 Å². The number of H-pyrrole nitrogens is 1. The SMILES string of the molecule is COc1cccc(Cn2c(=O)oc3cc(-c4cnc5cc[nH]c5c4)ccc32)c1. The zero-order valence-electron chi connectivity index (χ0n) is 15.2. The molecule has 138 valence electrons. The van der Waals surface area contributed by atoms with E-state index in [1.54, 1.807) is 11.7 Å². The number of nitrogens with one attached hydrogen (secondary N) is 1. The average molecular weight is 371 g/mol. The van der Waals surface area contributed by atoms with Gasteiger partial charge in [-0.25, -0.2) is 4.79 Å². The predicted molar refractivity (Wildman–Crippen MR) is 108 cm³/mol. The summed E-state index contributed by atoms with van der Waals surface area (Å²) in [6.07, 6.45) is 3.69. The van der Waals surface area contributed by atoms with Gasteiger partial charge >= 0.3 is 5.76 Å². The van der Waals surface area contributed by atoms with Crippen LogP contribution in [-0.4, -0.2) is 21.6 Å². The summed E-state index contributed by atoms with van der Waals surface area (Å²) in [5, 5.41) is 0. The largest absolute Gasteiger partial charge is 0.497 e. The van der Waals surface area contributed by atoms with E-state index in [1.807, 2.05) is 67.0 Å². The number of methoxy groups -OCH3 is 1. The molecular weight excluding hydrogens is 354 g/mol. The Morgan fingerprint density at radius 2 is 2.04 bits per heavy atom.